The summed E-state index contributed by atoms with van der Waals surface area (Å²) >= 11 is 1.00. The van der Waals surface area contributed by atoms with Gasteiger partial charge in [0.05, 0.1) is 17.7 Å². The minimum absolute atomic E-state index is 0.204. The Morgan fingerprint density at radius 3 is 2.36 bits per heavy atom. The van der Waals surface area contributed by atoms with E-state index < -0.39 is 11.9 Å². The standard InChI is InChI=1S/C8H10N2O3S/c1-3-4(6(9)11)7(10)14-5(3)8(12)13-2/h10H2,1-2H3,(H2,9,11). The topological polar surface area (TPSA) is 95.4 Å². The van der Waals surface area contributed by atoms with Crippen LogP contribution in [0.1, 0.15) is 25.6 Å². The fraction of sp³-hybridized carbons (Fsp3) is 0.250. The van der Waals surface area contributed by atoms with Crippen LogP contribution in [0.5, 0.6) is 0 Å². The number of methoxy groups -OCH3 is 1. The van der Waals surface area contributed by atoms with Gasteiger partial charge in [-0.3, -0.25) is 4.79 Å². The predicted octanol–water partition coefficient (Wildman–Crippen LogP) is 0.524. The van der Waals surface area contributed by atoms with Crippen LogP contribution >= 0.6 is 11.3 Å². The number of carbonyl (C=O) groups excluding carboxylic acids is 2. The van der Waals surface area contributed by atoms with E-state index in [9.17, 15) is 9.59 Å². The summed E-state index contributed by atoms with van der Waals surface area (Å²) < 4.78 is 4.53. The van der Waals surface area contributed by atoms with Gasteiger partial charge in [0.25, 0.3) is 5.91 Å². The van der Waals surface area contributed by atoms with Crippen molar-refractivity contribution in [3.05, 3.63) is 16.0 Å². The van der Waals surface area contributed by atoms with E-state index in [-0.39, 0.29) is 10.6 Å². The Bertz CT molecular complexity index is 398. The fourth-order valence-electron chi connectivity index (χ4n) is 1.13. The highest BCUT2D eigenvalue weighted by Crippen LogP contribution is 2.30. The first-order chi connectivity index (χ1) is 6.49. The number of rotatable bonds is 2. The molecule has 1 heterocycles. The summed E-state index contributed by atoms with van der Waals surface area (Å²) in [6.07, 6.45) is 0. The molecule has 6 heteroatoms. The number of esters is 1. The number of thiophene rings is 1. The zero-order chi connectivity index (χ0) is 10.9. The Morgan fingerprint density at radius 1 is 1.43 bits per heavy atom. The van der Waals surface area contributed by atoms with Gasteiger partial charge in [0, 0.05) is 0 Å². The first-order valence-corrected chi connectivity index (χ1v) is 4.57. The summed E-state index contributed by atoms with van der Waals surface area (Å²) in [6, 6.07) is 0. The Labute approximate surface area is 84.6 Å². The summed E-state index contributed by atoms with van der Waals surface area (Å²) in [5.74, 6) is -1.14. The van der Waals surface area contributed by atoms with E-state index in [0.717, 1.165) is 11.3 Å². The molecule has 1 aromatic heterocycles. The van der Waals surface area contributed by atoms with Gasteiger partial charge < -0.3 is 16.2 Å². The lowest BCUT2D eigenvalue weighted by Crippen LogP contribution is -2.13. The van der Waals surface area contributed by atoms with E-state index in [1.807, 2.05) is 0 Å². The lowest BCUT2D eigenvalue weighted by molar-refractivity contribution is 0.0605. The van der Waals surface area contributed by atoms with Crippen LogP contribution in [0.15, 0.2) is 0 Å². The summed E-state index contributed by atoms with van der Waals surface area (Å²) in [5, 5.41) is 0.246. The second-order valence-electron chi connectivity index (χ2n) is 2.65. The number of carbonyl (C=O) groups is 2. The number of primary amides is 1. The number of anilines is 1. The molecule has 0 saturated heterocycles. The highest BCUT2D eigenvalue weighted by atomic mass is 32.1. The third kappa shape index (κ3) is 1.56. The largest absolute Gasteiger partial charge is 0.465 e. The Hall–Kier alpha value is -1.56. The van der Waals surface area contributed by atoms with E-state index in [4.69, 9.17) is 11.5 Å². The van der Waals surface area contributed by atoms with Crippen LogP contribution in [0.3, 0.4) is 0 Å². The molecule has 76 valence electrons. The molecule has 0 spiro atoms. The van der Waals surface area contributed by atoms with Gasteiger partial charge in [-0.25, -0.2) is 4.79 Å². The van der Waals surface area contributed by atoms with Crippen molar-refractivity contribution in [2.75, 3.05) is 12.8 Å². The van der Waals surface area contributed by atoms with Crippen LogP contribution in [-0.2, 0) is 4.74 Å². The van der Waals surface area contributed by atoms with Crippen molar-refractivity contribution >= 4 is 28.2 Å². The summed E-state index contributed by atoms with van der Waals surface area (Å²) in [5.41, 5.74) is 11.3. The first kappa shape index (κ1) is 10.5. The molecule has 14 heavy (non-hydrogen) atoms. The minimum Gasteiger partial charge on any atom is -0.465 e. The van der Waals surface area contributed by atoms with Crippen molar-refractivity contribution in [2.45, 2.75) is 6.92 Å². The molecule has 0 unspecified atom stereocenters. The molecule has 0 fully saturated rings. The Kier molecular flexibility index (Phi) is 2.76. The van der Waals surface area contributed by atoms with Gasteiger partial charge >= 0.3 is 5.97 Å². The molecule has 0 saturated carbocycles. The molecule has 1 rings (SSSR count). The van der Waals surface area contributed by atoms with Gasteiger partial charge in [0.2, 0.25) is 0 Å². The normalized spacial score (nSPS) is 9.86. The number of nitrogen functional groups attached to an aromatic ring is 1. The van der Waals surface area contributed by atoms with E-state index >= 15 is 0 Å². The average molecular weight is 214 g/mol. The molecule has 1 amide bonds. The highest BCUT2D eigenvalue weighted by Gasteiger charge is 2.21. The van der Waals surface area contributed by atoms with Crippen molar-refractivity contribution in [2.24, 2.45) is 5.73 Å². The van der Waals surface area contributed by atoms with Gasteiger partial charge in [-0.15, -0.1) is 11.3 Å². The van der Waals surface area contributed by atoms with Crippen molar-refractivity contribution in [1.82, 2.24) is 0 Å². The molecule has 0 aliphatic heterocycles. The third-order valence-electron chi connectivity index (χ3n) is 1.79. The number of nitrogens with two attached hydrogens (primary N) is 2. The maximum absolute atomic E-state index is 11.2. The third-order valence-corrected chi connectivity index (χ3v) is 2.89. The molecule has 0 radical (unpaired) electrons. The molecular weight excluding hydrogens is 204 g/mol. The maximum Gasteiger partial charge on any atom is 0.348 e. The van der Waals surface area contributed by atoms with Crippen LogP contribution in [0, 0.1) is 6.92 Å². The fourth-order valence-corrected chi connectivity index (χ4v) is 2.13. The highest BCUT2D eigenvalue weighted by molar-refractivity contribution is 7.18. The summed E-state index contributed by atoms with van der Waals surface area (Å²) in [4.78, 5) is 22.5. The van der Waals surface area contributed by atoms with Gasteiger partial charge in [-0.1, -0.05) is 0 Å². The zero-order valence-electron chi connectivity index (χ0n) is 7.79. The Morgan fingerprint density at radius 2 is 2.00 bits per heavy atom. The maximum atomic E-state index is 11.2. The quantitative estimate of drug-likeness (QED) is 0.702. The second-order valence-corrected chi connectivity index (χ2v) is 3.70. The molecule has 0 aromatic carbocycles. The molecule has 4 N–H and O–H groups in total. The lowest BCUT2D eigenvalue weighted by atomic mass is 10.1. The zero-order valence-corrected chi connectivity index (χ0v) is 8.60. The molecule has 1 aromatic rings. The second kappa shape index (κ2) is 3.67. The Balaban J connectivity index is 3.30. The first-order valence-electron chi connectivity index (χ1n) is 3.76. The lowest BCUT2D eigenvalue weighted by Gasteiger charge is -1.97. The molecular formula is C8H10N2O3S. The van der Waals surface area contributed by atoms with Crippen LogP contribution in [0.2, 0.25) is 0 Å². The van der Waals surface area contributed by atoms with Crippen LogP contribution in [0.25, 0.3) is 0 Å². The predicted molar refractivity (Wildman–Crippen MR) is 53.3 cm³/mol. The molecule has 0 atom stereocenters. The number of amides is 1. The van der Waals surface area contributed by atoms with Crippen LogP contribution < -0.4 is 11.5 Å². The monoisotopic (exact) mass is 214 g/mol. The number of hydrogen-bond donors (Lipinski definition) is 2. The van der Waals surface area contributed by atoms with E-state index in [1.165, 1.54) is 7.11 Å². The van der Waals surface area contributed by atoms with E-state index in [0.29, 0.717) is 10.4 Å². The summed E-state index contributed by atoms with van der Waals surface area (Å²) in [7, 11) is 1.27. The van der Waals surface area contributed by atoms with Gasteiger partial charge in [-0.05, 0) is 12.5 Å². The minimum atomic E-state index is -0.633. The smallest absolute Gasteiger partial charge is 0.348 e. The van der Waals surface area contributed by atoms with Crippen molar-refractivity contribution in [3.8, 4) is 0 Å². The van der Waals surface area contributed by atoms with Gasteiger partial charge in [-0.2, -0.15) is 0 Å². The van der Waals surface area contributed by atoms with E-state index in [2.05, 4.69) is 4.74 Å². The SMILES string of the molecule is COC(=O)c1sc(N)c(C(N)=O)c1C. The molecule has 0 bridgehead atoms. The molecule has 0 aliphatic carbocycles. The van der Waals surface area contributed by atoms with E-state index in [1.54, 1.807) is 6.92 Å². The average Bonchev–Trinajstić information content (AvgIpc) is 2.40. The number of ether oxygens (including phenoxy) is 1. The van der Waals surface area contributed by atoms with Crippen molar-refractivity contribution in [1.29, 1.82) is 0 Å². The molecule has 5 nitrogen and oxygen atoms in total. The van der Waals surface area contributed by atoms with Crippen LogP contribution in [0.4, 0.5) is 5.00 Å². The molecule has 0 aliphatic rings. The van der Waals surface area contributed by atoms with Crippen molar-refractivity contribution in [3.63, 3.8) is 0 Å². The van der Waals surface area contributed by atoms with Gasteiger partial charge in [0.1, 0.15) is 4.88 Å². The number of hydrogen-bond acceptors (Lipinski definition) is 5. The summed E-state index contributed by atoms with van der Waals surface area (Å²) in [6.45, 7) is 1.61. The van der Waals surface area contributed by atoms with Crippen LogP contribution in [-0.4, -0.2) is 19.0 Å². The van der Waals surface area contributed by atoms with Crippen molar-refractivity contribution < 1.29 is 14.3 Å². The van der Waals surface area contributed by atoms with Gasteiger partial charge in [0.15, 0.2) is 0 Å².